The topological polar surface area (TPSA) is 0 Å². The molecule has 25 heavy (non-hydrogen) atoms. The van der Waals surface area contributed by atoms with Crippen LogP contribution < -0.4 is 0 Å². The highest BCUT2D eigenvalue weighted by Crippen LogP contribution is 2.66. The van der Waals surface area contributed by atoms with Gasteiger partial charge in [0.25, 0.3) is 0 Å². The van der Waals surface area contributed by atoms with Gasteiger partial charge in [-0.05, 0) is 98.2 Å². The van der Waals surface area contributed by atoms with Crippen molar-refractivity contribution in [2.45, 2.75) is 77.8 Å². The fourth-order valence-electron chi connectivity index (χ4n) is 7.86. The van der Waals surface area contributed by atoms with E-state index in [0.717, 1.165) is 42.9 Å². The minimum atomic E-state index is -4.23. The molecule has 4 fully saturated rings. The SMILES string of the molecule is C=C(C1CCC2C3CCC4CC(C)CCC4C3CCC12C)C(F)(F)F. The van der Waals surface area contributed by atoms with E-state index in [1.165, 1.54) is 32.1 Å². The summed E-state index contributed by atoms with van der Waals surface area (Å²) in [6, 6.07) is 0. The standard InChI is InChI=1S/C22H33F3/c1-13-4-6-16-15(12-13)5-7-18-17(16)10-11-21(3)19(8-9-20(18)21)14(2)22(23,24)25/h13,15-20H,2,4-12H2,1,3H3. The minimum absolute atomic E-state index is 0.164. The number of hydrogen-bond acceptors (Lipinski definition) is 0. The van der Waals surface area contributed by atoms with Crippen LogP contribution in [0, 0.1) is 46.8 Å². The summed E-state index contributed by atoms with van der Waals surface area (Å²) in [4.78, 5) is 0. The first-order valence-corrected chi connectivity index (χ1v) is 10.5. The summed E-state index contributed by atoms with van der Waals surface area (Å²) >= 11 is 0. The Morgan fingerprint density at radius 1 is 0.920 bits per heavy atom. The van der Waals surface area contributed by atoms with E-state index in [1.807, 2.05) is 0 Å². The first kappa shape index (κ1) is 17.9. The van der Waals surface area contributed by atoms with E-state index in [-0.39, 0.29) is 11.3 Å². The highest BCUT2D eigenvalue weighted by Gasteiger charge is 2.59. The molecule has 4 aliphatic carbocycles. The zero-order chi connectivity index (χ0) is 18.0. The smallest absolute Gasteiger partial charge is 0.166 e. The van der Waals surface area contributed by atoms with Gasteiger partial charge in [-0.2, -0.15) is 13.2 Å². The molecule has 0 N–H and O–H groups in total. The van der Waals surface area contributed by atoms with Gasteiger partial charge in [-0.25, -0.2) is 0 Å². The Hall–Kier alpha value is -0.470. The molecule has 0 heterocycles. The van der Waals surface area contributed by atoms with Crippen LogP contribution >= 0.6 is 0 Å². The molecule has 8 atom stereocenters. The van der Waals surface area contributed by atoms with Crippen LogP contribution in [0.3, 0.4) is 0 Å². The molecule has 0 bridgehead atoms. The molecule has 3 heteroatoms. The maximum atomic E-state index is 13.3. The molecular weight excluding hydrogens is 321 g/mol. The van der Waals surface area contributed by atoms with E-state index in [2.05, 4.69) is 20.4 Å². The summed E-state index contributed by atoms with van der Waals surface area (Å²) in [5.41, 5.74) is -0.612. The van der Waals surface area contributed by atoms with Crippen LogP contribution in [-0.2, 0) is 0 Å². The molecule has 0 aromatic heterocycles. The van der Waals surface area contributed by atoms with Crippen molar-refractivity contribution in [3.05, 3.63) is 12.2 Å². The second kappa shape index (κ2) is 6.02. The van der Waals surface area contributed by atoms with Gasteiger partial charge in [-0.15, -0.1) is 0 Å². The highest BCUT2D eigenvalue weighted by atomic mass is 19.4. The third kappa shape index (κ3) is 2.79. The van der Waals surface area contributed by atoms with Crippen LogP contribution in [0.2, 0.25) is 0 Å². The van der Waals surface area contributed by atoms with Gasteiger partial charge in [-0.3, -0.25) is 0 Å². The second-order valence-electron chi connectivity index (χ2n) is 10.1. The lowest BCUT2D eigenvalue weighted by atomic mass is 9.49. The van der Waals surface area contributed by atoms with Crippen molar-refractivity contribution in [1.29, 1.82) is 0 Å². The zero-order valence-electron chi connectivity index (χ0n) is 15.7. The predicted molar refractivity (Wildman–Crippen MR) is 95.0 cm³/mol. The van der Waals surface area contributed by atoms with E-state index in [9.17, 15) is 13.2 Å². The average molecular weight is 355 g/mol. The predicted octanol–water partition coefficient (Wildman–Crippen LogP) is 7.01. The van der Waals surface area contributed by atoms with Crippen LogP contribution in [0.4, 0.5) is 13.2 Å². The van der Waals surface area contributed by atoms with Crippen LogP contribution in [0.5, 0.6) is 0 Å². The lowest BCUT2D eigenvalue weighted by molar-refractivity contribution is -0.113. The fraction of sp³-hybridized carbons (Fsp3) is 0.909. The van der Waals surface area contributed by atoms with Gasteiger partial charge >= 0.3 is 6.18 Å². The van der Waals surface area contributed by atoms with E-state index < -0.39 is 11.7 Å². The molecule has 142 valence electrons. The summed E-state index contributed by atoms with van der Waals surface area (Å²) in [5, 5.41) is 0. The number of rotatable bonds is 1. The highest BCUT2D eigenvalue weighted by molar-refractivity contribution is 5.18. The lowest BCUT2D eigenvalue weighted by Crippen LogP contribution is -2.49. The average Bonchev–Trinajstić information content (AvgIpc) is 2.89. The first-order chi connectivity index (χ1) is 11.7. The maximum Gasteiger partial charge on any atom is 0.412 e. The summed E-state index contributed by atoms with van der Waals surface area (Å²) in [6.07, 6.45) is 6.33. The van der Waals surface area contributed by atoms with Gasteiger partial charge in [0, 0.05) is 5.57 Å². The molecule has 0 aromatic rings. The van der Waals surface area contributed by atoms with Crippen LogP contribution in [0.25, 0.3) is 0 Å². The minimum Gasteiger partial charge on any atom is -0.166 e. The number of hydrogen-bond donors (Lipinski definition) is 0. The van der Waals surface area contributed by atoms with Gasteiger partial charge in [0.1, 0.15) is 0 Å². The summed E-state index contributed by atoms with van der Waals surface area (Å²) in [6.45, 7) is 8.05. The molecule has 0 spiro atoms. The number of alkyl halides is 3. The quantitative estimate of drug-likeness (QED) is 0.444. The Balaban J connectivity index is 1.55. The van der Waals surface area contributed by atoms with Gasteiger partial charge in [0.2, 0.25) is 0 Å². The summed E-state index contributed by atoms with van der Waals surface area (Å²) in [5.74, 6) is 4.26. The van der Waals surface area contributed by atoms with Crippen molar-refractivity contribution in [2.75, 3.05) is 0 Å². The van der Waals surface area contributed by atoms with Crippen molar-refractivity contribution >= 4 is 0 Å². The fourth-order valence-corrected chi connectivity index (χ4v) is 7.86. The third-order valence-corrected chi connectivity index (χ3v) is 9.00. The van der Waals surface area contributed by atoms with Crippen molar-refractivity contribution in [2.24, 2.45) is 46.8 Å². The van der Waals surface area contributed by atoms with E-state index in [4.69, 9.17) is 0 Å². The van der Waals surface area contributed by atoms with Gasteiger partial charge in [-0.1, -0.05) is 26.8 Å². The maximum absolute atomic E-state index is 13.3. The van der Waals surface area contributed by atoms with Crippen LogP contribution in [0.1, 0.15) is 71.6 Å². The van der Waals surface area contributed by atoms with Crippen LogP contribution in [-0.4, -0.2) is 6.18 Å². The molecule has 4 rings (SSSR count). The second-order valence-corrected chi connectivity index (χ2v) is 10.1. The Kier molecular flexibility index (Phi) is 4.32. The van der Waals surface area contributed by atoms with Crippen molar-refractivity contribution in [3.8, 4) is 0 Å². The molecule has 0 amide bonds. The van der Waals surface area contributed by atoms with Crippen molar-refractivity contribution < 1.29 is 13.2 Å². The van der Waals surface area contributed by atoms with Gasteiger partial charge in [0.05, 0.1) is 0 Å². The Labute approximate surface area is 150 Å². The Bertz CT molecular complexity index is 536. The van der Waals surface area contributed by atoms with Crippen molar-refractivity contribution in [3.63, 3.8) is 0 Å². The van der Waals surface area contributed by atoms with E-state index in [1.54, 1.807) is 0 Å². The monoisotopic (exact) mass is 354 g/mol. The summed E-state index contributed by atoms with van der Waals surface area (Å²) < 4.78 is 40.0. The largest absolute Gasteiger partial charge is 0.412 e. The molecule has 0 radical (unpaired) electrons. The van der Waals surface area contributed by atoms with Crippen LogP contribution in [0.15, 0.2) is 12.2 Å². The molecule has 0 saturated heterocycles. The normalized spacial score (nSPS) is 49.9. The molecule has 0 nitrogen and oxygen atoms in total. The summed E-state index contributed by atoms with van der Waals surface area (Å²) in [7, 11) is 0. The molecule has 4 saturated carbocycles. The van der Waals surface area contributed by atoms with Gasteiger partial charge < -0.3 is 0 Å². The molecular formula is C22H33F3. The van der Waals surface area contributed by atoms with E-state index in [0.29, 0.717) is 18.3 Å². The first-order valence-electron chi connectivity index (χ1n) is 10.5. The Morgan fingerprint density at radius 2 is 1.64 bits per heavy atom. The van der Waals surface area contributed by atoms with Crippen molar-refractivity contribution in [1.82, 2.24) is 0 Å². The Morgan fingerprint density at radius 3 is 2.36 bits per heavy atom. The third-order valence-electron chi connectivity index (χ3n) is 9.00. The molecule has 0 aromatic carbocycles. The number of allylic oxidation sites excluding steroid dienone is 1. The van der Waals surface area contributed by atoms with E-state index >= 15 is 0 Å². The molecule has 4 aliphatic rings. The molecule has 8 unspecified atom stereocenters. The number of fused-ring (bicyclic) bond motifs is 5. The molecule has 0 aliphatic heterocycles. The van der Waals surface area contributed by atoms with Gasteiger partial charge in [0.15, 0.2) is 0 Å². The number of halogens is 3. The zero-order valence-corrected chi connectivity index (χ0v) is 15.7. The lowest BCUT2D eigenvalue weighted by Gasteiger charge is -2.56.